The lowest BCUT2D eigenvalue weighted by molar-refractivity contribution is 0.211. The molecule has 0 bridgehead atoms. The number of carbonyl (C=O) groups is 1. The van der Waals surface area contributed by atoms with Crippen LogP contribution in [0.5, 0.6) is 5.75 Å². The number of hydrogen-bond acceptors (Lipinski definition) is 3. The highest BCUT2D eigenvalue weighted by Crippen LogP contribution is 2.27. The lowest BCUT2D eigenvalue weighted by atomic mass is 10.0. The predicted molar refractivity (Wildman–Crippen MR) is 62.2 cm³/mol. The molecular formula is C12H14N2O3. The molecule has 5 heteroatoms. The topological polar surface area (TPSA) is 70.6 Å². The van der Waals surface area contributed by atoms with Crippen LogP contribution in [0.15, 0.2) is 35.7 Å². The Morgan fingerprint density at radius 3 is 2.53 bits per heavy atom. The monoisotopic (exact) mass is 234 g/mol. The van der Waals surface area contributed by atoms with Crippen LogP contribution >= 0.6 is 0 Å². The van der Waals surface area contributed by atoms with E-state index in [4.69, 9.17) is 4.74 Å². The van der Waals surface area contributed by atoms with Gasteiger partial charge in [0.25, 0.3) is 0 Å². The van der Waals surface area contributed by atoms with E-state index in [2.05, 4.69) is 10.6 Å². The molecule has 0 saturated heterocycles. The number of benzene rings is 1. The van der Waals surface area contributed by atoms with Crippen LogP contribution in [0.3, 0.4) is 0 Å². The summed E-state index contributed by atoms with van der Waals surface area (Å²) in [4.78, 5) is 11.4. The summed E-state index contributed by atoms with van der Waals surface area (Å²) >= 11 is 0. The molecule has 1 unspecified atom stereocenters. The van der Waals surface area contributed by atoms with E-state index >= 15 is 0 Å². The average molecular weight is 234 g/mol. The first-order valence-corrected chi connectivity index (χ1v) is 5.23. The van der Waals surface area contributed by atoms with Crippen molar-refractivity contribution in [1.29, 1.82) is 0 Å². The highest BCUT2D eigenvalue weighted by Gasteiger charge is 2.27. The van der Waals surface area contributed by atoms with Crippen LogP contribution in [0.4, 0.5) is 4.79 Å². The Morgan fingerprint density at radius 2 is 1.94 bits per heavy atom. The van der Waals surface area contributed by atoms with Crippen molar-refractivity contribution in [3.63, 3.8) is 0 Å². The van der Waals surface area contributed by atoms with Crippen molar-refractivity contribution >= 4 is 6.03 Å². The van der Waals surface area contributed by atoms with Gasteiger partial charge in [-0.1, -0.05) is 12.1 Å². The molecule has 0 aromatic heterocycles. The Balaban J connectivity index is 2.39. The number of phenols is 1. The van der Waals surface area contributed by atoms with E-state index in [1.807, 2.05) is 0 Å². The van der Waals surface area contributed by atoms with Crippen molar-refractivity contribution in [2.24, 2.45) is 0 Å². The first-order valence-electron chi connectivity index (χ1n) is 5.23. The van der Waals surface area contributed by atoms with Crippen LogP contribution in [0.2, 0.25) is 0 Å². The summed E-state index contributed by atoms with van der Waals surface area (Å²) in [5, 5.41) is 14.7. The number of allylic oxidation sites excluding steroid dienone is 1. The Hall–Kier alpha value is -2.17. The summed E-state index contributed by atoms with van der Waals surface area (Å²) in [5.74, 6) is 0.851. The second kappa shape index (κ2) is 4.37. The van der Waals surface area contributed by atoms with E-state index in [1.165, 1.54) is 0 Å². The van der Waals surface area contributed by atoms with Gasteiger partial charge in [-0.2, -0.15) is 0 Å². The van der Waals surface area contributed by atoms with Gasteiger partial charge in [-0.3, -0.25) is 0 Å². The van der Waals surface area contributed by atoms with E-state index in [9.17, 15) is 9.90 Å². The van der Waals surface area contributed by atoms with E-state index in [1.54, 1.807) is 38.3 Å². The van der Waals surface area contributed by atoms with Crippen molar-refractivity contribution < 1.29 is 14.6 Å². The SMILES string of the molecule is COC1=C(C)NC(=O)NC1c1ccc(O)cc1. The number of nitrogens with one attached hydrogen (secondary N) is 2. The van der Waals surface area contributed by atoms with E-state index in [-0.39, 0.29) is 17.8 Å². The second-order valence-electron chi connectivity index (χ2n) is 3.82. The number of aromatic hydroxyl groups is 1. The molecule has 0 saturated carbocycles. The first-order chi connectivity index (χ1) is 8.11. The summed E-state index contributed by atoms with van der Waals surface area (Å²) in [6.45, 7) is 1.78. The molecule has 17 heavy (non-hydrogen) atoms. The maximum Gasteiger partial charge on any atom is 0.319 e. The van der Waals surface area contributed by atoms with Crippen LogP contribution in [-0.4, -0.2) is 18.2 Å². The molecule has 0 spiro atoms. The number of ether oxygens (including phenoxy) is 1. The van der Waals surface area contributed by atoms with E-state index < -0.39 is 0 Å². The Morgan fingerprint density at radius 1 is 1.29 bits per heavy atom. The Kier molecular flexibility index (Phi) is 2.91. The quantitative estimate of drug-likeness (QED) is 0.728. The normalized spacial score (nSPS) is 19.6. The molecule has 90 valence electrons. The summed E-state index contributed by atoms with van der Waals surface area (Å²) in [7, 11) is 1.56. The molecule has 1 aromatic rings. The highest BCUT2D eigenvalue weighted by atomic mass is 16.5. The Bertz CT molecular complexity index is 465. The van der Waals surface area contributed by atoms with Gasteiger partial charge in [-0.25, -0.2) is 4.79 Å². The molecule has 1 aliphatic rings. The molecule has 1 aliphatic heterocycles. The summed E-state index contributed by atoms with van der Waals surface area (Å²) in [6, 6.07) is 6.06. The molecule has 3 N–H and O–H groups in total. The zero-order chi connectivity index (χ0) is 12.4. The molecule has 0 aliphatic carbocycles. The fourth-order valence-electron chi connectivity index (χ4n) is 1.85. The smallest absolute Gasteiger partial charge is 0.319 e. The fraction of sp³-hybridized carbons (Fsp3) is 0.250. The fourth-order valence-corrected chi connectivity index (χ4v) is 1.85. The van der Waals surface area contributed by atoms with Gasteiger partial charge < -0.3 is 20.5 Å². The number of amides is 2. The predicted octanol–water partition coefficient (Wildman–Crippen LogP) is 1.62. The van der Waals surface area contributed by atoms with Crippen molar-refractivity contribution in [3.8, 4) is 5.75 Å². The summed E-state index contributed by atoms with van der Waals surface area (Å²) in [5.41, 5.74) is 1.54. The third kappa shape index (κ3) is 2.18. The zero-order valence-electron chi connectivity index (χ0n) is 9.65. The van der Waals surface area contributed by atoms with Crippen LogP contribution < -0.4 is 10.6 Å². The van der Waals surface area contributed by atoms with Crippen molar-refractivity contribution in [2.45, 2.75) is 13.0 Å². The maximum absolute atomic E-state index is 11.4. The third-order valence-electron chi connectivity index (χ3n) is 2.65. The minimum atomic E-state index is -0.325. The standard InChI is InChI=1S/C12H14N2O3/c1-7-11(17-2)10(14-12(16)13-7)8-3-5-9(15)6-4-8/h3-6,10,15H,1-2H3,(H2,13,14,16). The van der Waals surface area contributed by atoms with Gasteiger partial charge in [0, 0.05) is 0 Å². The molecule has 1 aromatic carbocycles. The first kappa shape index (κ1) is 11.3. The van der Waals surface area contributed by atoms with Crippen LogP contribution in [0.25, 0.3) is 0 Å². The van der Waals surface area contributed by atoms with Gasteiger partial charge in [-0.15, -0.1) is 0 Å². The van der Waals surface area contributed by atoms with Gasteiger partial charge in [-0.05, 0) is 24.6 Å². The number of phenolic OH excluding ortho intramolecular Hbond substituents is 1. The Labute approximate surface area is 99.1 Å². The second-order valence-corrected chi connectivity index (χ2v) is 3.82. The largest absolute Gasteiger partial charge is 0.508 e. The molecule has 0 radical (unpaired) electrons. The number of methoxy groups -OCH3 is 1. The number of rotatable bonds is 2. The molecule has 1 heterocycles. The van der Waals surface area contributed by atoms with Crippen LogP contribution in [0, 0.1) is 0 Å². The van der Waals surface area contributed by atoms with Gasteiger partial charge >= 0.3 is 6.03 Å². The van der Waals surface area contributed by atoms with Gasteiger partial charge in [0.1, 0.15) is 17.6 Å². The molecular weight excluding hydrogens is 220 g/mol. The summed E-state index contributed by atoms with van der Waals surface area (Å²) < 4.78 is 5.29. The van der Waals surface area contributed by atoms with Gasteiger partial charge in [0.15, 0.2) is 0 Å². The van der Waals surface area contributed by atoms with E-state index in [0.717, 1.165) is 5.56 Å². The maximum atomic E-state index is 11.4. The lowest BCUT2D eigenvalue weighted by Gasteiger charge is -2.28. The molecule has 2 rings (SSSR count). The summed E-state index contributed by atoms with van der Waals surface area (Å²) in [6.07, 6.45) is 0. The molecule has 1 atom stereocenters. The number of urea groups is 1. The third-order valence-corrected chi connectivity index (χ3v) is 2.65. The zero-order valence-corrected chi connectivity index (χ0v) is 9.65. The van der Waals surface area contributed by atoms with E-state index in [0.29, 0.717) is 11.5 Å². The van der Waals surface area contributed by atoms with Gasteiger partial charge in [0.05, 0.1) is 12.8 Å². The van der Waals surface area contributed by atoms with Crippen molar-refractivity contribution in [3.05, 3.63) is 41.3 Å². The lowest BCUT2D eigenvalue weighted by Crippen LogP contribution is -2.43. The minimum Gasteiger partial charge on any atom is -0.508 e. The number of hydrogen-bond donors (Lipinski definition) is 3. The molecule has 2 amide bonds. The molecule has 0 fully saturated rings. The minimum absolute atomic E-state index is 0.189. The van der Waals surface area contributed by atoms with Crippen LogP contribution in [-0.2, 0) is 4.74 Å². The van der Waals surface area contributed by atoms with Crippen molar-refractivity contribution in [1.82, 2.24) is 10.6 Å². The van der Waals surface area contributed by atoms with Gasteiger partial charge in [0.2, 0.25) is 0 Å². The average Bonchev–Trinajstić information content (AvgIpc) is 2.29. The van der Waals surface area contributed by atoms with Crippen LogP contribution in [0.1, 0.15) is 18.5 Å². The number of carbonyl (C=O) groups excluding carboxylic acids is 1. The highest BCUT2D eigenvalue weighted by molar-refractivity contribution is 5.78. The molecule has 5 nitrogen and oxygen atoms in total. The van der Waals surface area contributed by atoms with Crippen molar-refractivity contribution in [2.75, 3.05) is 7.11 Å².